The largest absolute Gasteiger partial charge is 0.655 e. The average Bonchev–Trinajstić information content (AvgIpc) is 2.19. The first kappa shape index (κ1) is 16.0. The van der Waals surface area contributed by atoms with Crippen molar-refractivity contribution in [2.45, 2.75) is 6.42 Å². The molecule has 2 N–H and O–H groups in total. The summed E-state index contributed by atoms with van der Waals surface area (Å²) in [6.07, 6.45) is 0.771. The number of nitrogen functional groups attached to an aromatic ring is 1. The molecule has 1 radical (unpaired) electrons. The van der Waals surface area contributed by atoms with E-state index in [0.29, 0.717) is 0 Å². The normalized spacial score (nSPS) is 7.57. The maximum Gasteiger partial charge on any atom is 0.0362 e. The van der Waals surface area contributed by atoms with Crippen molar-refractivity contribution in [3.8, 4) is 0 Å². The van der Waals surface area contributed by atoms with Crippen molar-refractivity contribution in [1.29, 1.82) is 0 Å². The standard InChI is InChI=1S/C8H10N.C2H3O2.Y/c1-2-7-5-3-4-6-8(7)9;1-4-2-3;/h3-6H,1-2,9H2;1H3;/q2*-1;. The van der Waals surface area contributed by atoms with E-state index in [2.05, 4.69) is 11.7 Å². The van der Waals surface area contributed by atoms with Crippen LogP contribution in [0.1, 0.15) is 5.56 Å². The van der Waals surface area contributed by atoms with Gasteiger partial charge in [-0.05, 0) is 6.07 Å². The fourth-order valence-electron chi connectivity index (χ4n) is 0.762. The van der Waals surface area contributed by atoms with Crippen LogP contribution in [0.4, 0.5) is 5.69 Å². The van der Waals surface area contributed by atoms with Gasteiger partial charge in [-0.25, -0.2) is 0 Å². The predicted octanol–water partition coefficient (Wildman–Crippen LogP) is 1.34. The monoisotopic (exact) mass is 268 g/mol. The van der Waals surface area contributed by atoms with E-state index >= 15 is 0 Å². The van der Waals surface area contributed by atoms with E-state index in [9.17, 15) is 0 Å². The molecule has 0 bridgehead atoms. The number of nitrogens with two attached hydrogens (primary N) is 1. The van der Waals surface area contributed by atoms with Crippen molar-refractivity contribution < 1.29 is 42.2 Å². The summed E-state index contributed by atoms with van der Waals surface area (Å²) in [4.78, 5) is 8.83. The third kappa shape index (κ3) is 7.04. The Kier molecular flexibility index (Phi) is 12.2. The minimum atomic E-state index is 0. The number of para-hydroxylation sites is 1. The molecule has 0 saturated heterocycles. The molecule has 0 fully saturated rings. The Bertz CT molecular complexity index is 254. The summed E-state index contributed by atoms with van der Waals surface area (Å²) in [5, 5.41) is 0. The fourth-order valence-corrected chi connectivity index (χ4v) is 0.762. The van der Waals surface area contributed by atoms with Gasteiger partial charge in [0.25, 0.3) is 0 Å². The molecule has 3 nitrogen and oxygen atoms in total. The van der Waals surface area contributed by atoms with Crippen LogP contribution in [0.2, 0.25) is 0 Å². The first-order valence-electron chi connectivity index (χ1n) is 3.79. The number of hydrogen-bond acceptors (Lipinski definition) is 3. The molecule has 0 aliphatic heterocycles. The Hall–Kier alpha value is -0.406. The van der Waals surface area contributed by atoms with Crippen LogP contribution in [-0.4, -0.2) is 13.6 Å². The molecule has 14 heavy (non-hydrogen) atoms. The number of rotatable bonds is 2. The Balaban J connectivity index is 0. The molecule has 0 aliphatic rings. The summed E-state index contributed by atoms with van der Waals surface area (Å²) in [7, 11) is 1.26. The van der Waals surface area contributed by atoms with Crippen LogP contribution < -0.4 is 5.73 Å². The third-order valence-electron chi connectivity index (χ3n) is 1.41. The zero-order valence-corrected chi connectivity index (χ0v) is 11.0. The van der Waals surface area contributed by atoms with Gasteiger partial charge in [-0.2, -0.15) is 6.42 Å². The van der Waals surface area contributed by atoms with Gasteiger partial charge in [0.15, 0.2) is 0 Å². The van der Waals surface area contributed by atoms with Crippen molar-refractivity contribution in [1.82, 2.24) is 0 Å². The van der Waals surface area contributed by atoms with Gasteiger partial charge in [-0.1, -0.05) is 30.2 Å². The minimum Gasteiger partial charge on any atom is -0.655 e. The van der Waals surface area contributed by atoms with Crippen LogP contribution in [0, 0.1) is 6.92 Å². The van der Waals surface area contributed by atoms with Gasteiger partial charge in [0.05, 0.1) is 0 Å². The van der Waals surface area contributed by atoms with Crippen LogP contribution >= 0.6 is 0 Å². The first-order chi connectivity index (χ1) is 6.26. The van der Waals surface area contributed by atoms with Crippen molar-refractivity contribution >= 4 is 12.2 Å². The van der Waals surface area contributed by atoms with E-state index in [-0.39, 0.29) is 32.7 Å². The molecule has 1 rings (SSSR count). The van der Waals surface area contributed by atoms with Crippen molar-refractivity contribution in [2.75, 3.05) is 12.8 Å². The number of carbonyl (C=O) groups excluding carboxylic acids is 1. The van der Waals surface area contributed by atoms with Gasteiger partial charge in [0, 0.05) is 45.5 Å². The zero-order valence-electron chi connectivity index (χ0n) is 8.19. The summed E-state index contributed by atoms with van der Waals surface area (Å²) in [6.45, 7) is 4.92. The van der Waals surface area contributed by atoms with E-state index < -0.39 is 0 Å². The van der Waals surface area contributed by atoms with Crippen LogP contribution in [-0.2, 0) is 48.7 Å². The van der Waals surface area contributed by atoms with Crippen molar-refractivity contribution in [3.63, 3.8) is 0 Å². The Morgan fingerprint density at radius 1 is 1.50 bits per heavy atom. The number of methoxy groups -OCH3 is 1. The molecule has 0 amide bonds. The SMILES string of the molecule is CO[C-]=O.[CH2-]Cc1ccccc1N.[Y]. The summed E-state index contributed by atoms with van der Waals surface area (Å²) in [5.41, 5.74) is 7.55. The second-order valence-corrected chi connectivity index (χ2v) is 2.24. The molecule has 0 atom stereocenters. The molecule has 1 aromatic carbocycles. The molecule has 0 aromatic heterocycles. The molecule has 0 heterocycles. The predicted molar refractivity (Wildman–Crippen MR) is 52.6 cm³/mol. The Morgan fingerprint density at radius 2 is 2.00 bits per heavy atom. The maximum absolute atomic E-state index is 8.83. The topological polar surface area (TPSA) is 52.3 Å². The van der Waals surface area contributed by atoms with Gasteiger partial charge in [0.2, 0.25) is 0 Å². The van der Waals surface area contributed by atoms with E-state index in [1.54, 1.807) is 0 Å². The number of ether oxygens (including phenoxy) is 1. The van der Waals surface area contributed by atoms with E-state index in [0.717, 1.165) is 17.7 Å². The van der Waals surface area contributed by atoms with Crippen molar-refractivity contribution in [3.05, 3.63) is 36.8 Å². The maximum atomic E-state index is 8.83. The average molecular weight is 268 g/mol. The number of anilines is 1. The van der Waals surface area contributed by atoms with Crippen molar-refractivity contribution in [2.24, 2.45) is 0 Å². The summed E-state index contributed by atoms with van der Waals surface area (Å²) in [6, 6.07) is 7.77. The smallest absolute Gasteiger partial charge is 0.0362 e. The number of benzene rings is 1. The molecule has 0 saturated carbocycles. The molecule has 75 valence electrons. The van der Waals surface area contributed by atoms with Gasteiger partial charge in [0.1, 0.15) is 0 Å². The molecule has 0 unspecified atom stereocenters. The Labute approximate surface area is 110 Å². The quantitative estimate of drug-likeness (QED) is 0.650. The van der Waals surface area contributed by atoms with Crippen LogP contribution in [0.3, 0.4) is 0 Å². The molecule has 1 aromatic rings. The molecule has 0 aliphatic carbocycles. The summed E-state index contributed by atoms with van der Waals surface area (Å²) in [5.74, 6) is 0. The van der Waals surface area contributed by atoms with E-state index in [1.807, 2.05) is 24.3 Å². The van der Waals surface area contributed by atoms with Gasteiger partial charge >= 0.3 is 0 Å². The Morgan fingerprint density at radius 3 is 2.29 bits per heavy atom. The van der Waals surface area contributed by atoms with E-state index in [4.69, 9.17) is 10.5 Å². The van der Waals surface area contributed by atoms with Gasteiger partial charge in [-0.3, -0.25) is 0 Å². The number of hydrogen-bond donors (Lipinski definition) is 1. The summed E-state index contributed by atoms with van der Waals surface area (Å²) >= 11 is 0. The zero-order chi connectivity index (χ0) is 10.1. The van der Waals surface area contributed by atoms with E-state index in [1.165, 1.54) is 13.6 Å². The second kappa shape index (κ2) is 10.7. The van der Waals surface area contributed by atoms with Crippen LogP contribution in [0.15, 0.2) is 24.3 Å². The molecular weight excluding hydrogens is 255 g/mol. The second-order valence-electron chi connectivity index (χ2n) is 2.24. The molecular formula is C10H13NO2Y-2. The fraction of sp³-hybridized carbons (Fsp3) is 0.200. The minimum absolute atomic E-state index is 0. The first-order valence-corrected chi connectivity index (χ1v) is 3.79. The molecule has 4 heteroatoms. The van der Waals surface area contributed by atoms with Crippen LogP contribution in [0.25, 0.3) is 0 Å². The van der Waals surface area contributed by atoms with Crippen LogP contribution in [0.5, 0.6) is 0 Å². The van der Waals surface area contributed by atoms with Gasteiger partial charge < -0.3 is 22.2 Å². The third-order valence-corrected chi connectivity index (χ3v) is 1.41. The van der Waals surface area contributed by atoms with Gasteiger partial charge in [-0.15, -0.1) is 0 Å². The molecule has 0 spiro atoms. The summed E-state index contributed by atoms with van der Waals surface area (Å²) < 4.78 is 3.74.